The minimum Gasteiger partial charge on any atom is -0.491 e. The molecule has 0 bridgehead atoms. The molecule has 11 nitrogen and oxygen atoms in total. The molecule has 0 radical (unpaired) electrons. The largest absolute Gasteiger partial charge is 0.491 e. The minimum atomic E-state index is -1.07. The second-order valence-corrected chi connectivity index (χ2v) is 18.5. The summed E-state index contributed by atoms with van der Waals surface area (Å²) in [6.45, 7) is 12.4. The van der Waals surface area contributed by atoms with Crippen molar-refractivity contribution in [3.8, 4) is 22.8 Å². The quantitative estimate of drug-likeness (QED) is 0.0986. The number of hydrogen-bond donors (Lipinski definition) is 2. The molecular formula is C48H61F2N5O6S. The molecule has 1 amide bonds. The molecule has 0 unspecified atom stereocenters. The van der Waals surface area contributed by atoms with Crippen LogP contribution in [-0.4, -0.2) is 106 Å². The summed E-state index contributed by atoms with van der Waals surface area (Å²) in [6, 6.07) is 15.9. The molecule has 0 saturated carbocycles. The maximum absolute atomic E-state index is 15.0. The molecule has 14 heteroatoms. The van der Waals surface area contributed by atoms with E-state index >= 15 is 4.39 Å². The van der Waals surface area contributed by atoms with Crippen molar-refractivity contribution in [1.82, 2.24) is 20.5 Å². The topological polar surface area (TPSA) is 114 Å². The Morgan fingerprint density at radius 1 is 0.984 bits per heavy atom. The Morgan fingerprint density at radius 2 is 1.76 bits per heavy atom. The molecule has 2 aliphatic heterocycles. The fourth-order valence-electron chi connectivity index (χ4n) is 8.63. The van der Waals surface area contributed by atoms with Gasteiger partial charge in [0, 0.05) is 56.0 Å². The zero-order chi connectivity index (χ0) is 43.8. The van der Waals surface area contributed by atoms with Crippen molar-refractivity contribution in [2.75, 3.05) is 71.2 Å². The van der Waals surface area contributed by atoms with E-state index in [0.29, 0.717) is 69.2 Å². The summed E-state index contributed by atoms with van der Waals surface area (Å²) in [7, 11) is 1.90. The van der Waals surface area contributed by atoms with Gasteiger partial charge in [0.25, 0.3) is 0 Å². The number of carbonyl (C=O) groups excluding carboxylic acids is 2. The van der Waals surface area contributed by atoms with E-state index in [1.807, 2.05) is 35.5 Å². The number of halogens is 2. The molecule has 3 aliphatic rings. The maximum atomic E-state index is 15.0. The molecule has 4 aromatic rings. The van der Waals surface area contributed by atoms with Gasteiger partial charge in [-0.2, -0.15) is 4.39 Å². The summed E-state index contributed by atoms with van der Waals surface area (Å²) in [6.07, 6.45) is 3.88. The first-order valence-corrected chi connectivity index (χ1v) is 22.8. The molecule has 7 rings (SSSR count). The summed E-state index contributed by atoms with van der Waals surface area (Å²) < 4.78 is 52.4. The lowest BCUT2D eigenvalue weighted by Gasteiger charge is -2.42. The molecule has 1 saturated heterocycles. The first-order valence-electron chi connectivity index (χ1n) is 21.9. The predicted octanol–water partition coefficient (Wildman–Crippen LogP) is 7.34. The summed E-state index contributed by atoms with van der Waals surface area (Å²) in [5, 5.41) is 9.38. The molecule has 4 atom stereocenters. The molecule has 1 aromatic heterocycles. The average Bonchev–Trinajstić information content (AvgIpc) is 3.77. The monoisotopic (exact) mass is 873 g/mol. The van der Waals surface area contributed by atoms with Gasteiger partial charge < -0.3 is 39.4 Å². The highest BCUT2D eigenvalue weighted by atomic mass is 32.1. The van der Waals surface area contributed by atoms with Crippen LogP contribution in [0.5, 0.6) is 11.5 Å². The number of carbonyl (C=O) groups is 2. The summed E-state index contributed by atoms with van der Waals surface area (Å²) in [5.41, 5.74) is 5.02. The number of fused-ring (bicyclic) bond motifs is 2. The van der Waals surface area contributed by atoms with E-state index in [1.54, 1.807) is 0 Å². The third kappa shape index (κ3) is 11.0. The van der Waals surface area contributed by atoms with Gasteiger partial charge in [-0.05, 0) is 91.1 Å². The number of thiazole rings is 1. The number of Topliss-reactive ketones (excluding diaryl/α,β-unsaturated/α-hetero) is 1. The second-order valence-electron chi connectivity index (χ2n) is 17.6. The van der Waals surface area contributed by atoms with Gasteiger partial charge >= 0.3 is 0 Å². The van der Waals surface area contributed by atoms with Gasteiger partial charge in [0.05, 0.1) is 44.2 Å². The molecule has 2 N–H and O–H groups in total. The van der Waals surface area contributed by atoms with Crippen LogP contribution < -0.4 is 25.0 Å². The molecule has 0 spiro atoms. The number of aryl methyl sites for hydroxylation is 1. The van der Waals surface area contributed by atoms with Crippen molar-refractivity contribution >= 4 is 28.2 Å². The number of likely N-dealkylation sites (N-methyl/N-ethyl adjacent to an activating group) is 1. The van der Waals surface area contributed by atoms with Gasteiger partial charge in [0.1, 0.15) is 19.0 Å². The van der Waals surface area contributed by atoms with Crippen LogP contribution in [-0.2, 0) is 38.4 Å². The Morgan fingerprint density at radius 3 is 2.53 bits per heavy atom. The highest BCUT2D eigenvalue weighted by Gasteiger charge is 2.42. The molecule has 62 heavy (non-hydrogen) atoms. The number of nitrogens with one attached hydrogen (secondary N) is 2. The van der Waals surface area contributed by atoms with Crippen molar-refractivity contribution in [2.45, 2.75) is 90.4 Å². The first-order chi connectivity index (χ1) is 29.9. The van der Waals surface area contributed by atoms with Crippen LogP contribution in [0.1, 0.15) is 75.1 Å². The fraction of sp³-hybridized carbons (Fsp3) is 0.521. The summed E-state index contributed by atoms with van der Waals surface area (Å²) in [5.74, 6) is -1.49. The van der Waals surface area contributed by atoms with Crippen molar-refractivity contribution in [3.63, 3.8) is 0 Å². The fourth-order valence-corrected chi connectivity index (χ4v) is 9.51. The van der Waals surface area contributed by atoms with Gasteiger partial charge in [0.2, 0.25) is 11.7 Å². The number of anilines is 1. The normalized spacial score (nSPS) is 18.8. The van der Waals surface area contributed by atoms with E-state index in [-0.39, 0.29) is 55.8 Å². The van der Waals surface area contributed by atoms with Crippen molar-refractivity contribution in [1.29, 1.82) is 0 Å². The average molecular weight is 874 g/mol. The van der Waals surface area contributed by atoms with Gasteiger partial charge in [-0.1, -0.05) is 51.1 Å². The number of ether oxygens (including phenoxy) is 4. The minimum absolute atomic E-state index is 0.0119. The number of aromatic nitrogens is 1. The van der Waals surface area contributed by atoms with Crippen LogP contribution in [0.4, 0.5) is 13.9 Å². The first kappa shape index (κ1) is 45.6. The van der Waals surface area contributed by atoms with E-state index < -0.39 is 29.1 Å². The highest BCUT2D eigenvalue weighted by molar-refractivity contribution is 7.14. The lowest BCUT2D eigenvalue weighted by atomic mass is 9.78. The summed E-state index contributed by atoms with van der Waals surface area (Å²) >= 11 is 1.44. The van der Waals surface area contributed by atoms with E-state index in [1.165, 1.54) is 28.5 Å². The standard InChI is InChI=1S/C48H61F2N5O6S/c1-31(51-5)28-52-45(48(2,3)4)46(57)55-29-35-25-36(14-13-33(35)26-41(55)42(56)27-34-11-8-10-32-9-6-7-12-37(32)34)60-23-21-59-22-24-61-44-38(15-16-39(49)43(44)50)40-30-62-47(53-40)54-17-19-58-20-18-54/h6-7,9,12-16,25,30-31,34,41,45,51-52H,8,10-11,17-24,26-29H2,1-5H3/t31-,34-,41-,45+/m0/s1. The van der Waals surface area contributed by atoms with Crippen LogP contribution >= 0.6 is 11.3 Å². The molecule has 3 aromatic carbocycles. The number of hydrogen-bond acceptors (Lipinski definition) is 11. The molecule has 3 heterocycles. The molecular weight excluding hydrogens is 813 g/mol. The number of morpholine rings is 1. The predicted molar refractivity (Wildman–Crippen MR) is 238 cm³/mol. The Kier molecular flexibility index (Phi) is 15.3. The number of amides is 1. The SMILES string of the molecule is CN[C@@H](C)CN[C@H](C(=O)N1Cc2cc(OCCOCCOc3c(-c4csc(N5CCOCC5)n4)ccc(F)c3F)ccc2C[C@H]1C(=O)C[C@@H]1CCCc2ccccc21)C(C)(C)C. The Bertz CT molecular complexity index is 2160. The lowest BCUT2D eigenvalue weighted by molar-refractivity contribution is -0.145. The van der Waals surface area contributed by atoms with E-state index in [9.17, 15) is 14.0 Å². The Balaban J connectivity index is 0.976. The van der Waals surface area contributed by atoms with E-state index in [4.69, 9.17) is 18.9 Å². The lowest BCUT2D eigenvalue weighted by Crippen LogP contribution is -2.59. The zero-order valence-electron chi connectivity index (χ0n) is 36.6. The third-order valence-corrected chi connectivity index (χ3v) is 13.1. The smallest absolute Gasteiger partial charge is 0.241 e. The van der Waals surface area contributed by atoms with Crippen LogP contribution in [0.15, 0.2) is 60.0 Å². The Hall–Kier alpha value is -4.47. The highest BCUT2D eigenvalue weighted by Crippen LogP contribution is 2.38. The van der Waals surface area contributed by atoms with Gasteiger partial charge in [-0.3, -0.25) is 9.59 Å². The number of nitrogens with zero attached hydrogens (tertiary/aromatic N) is 3. The van der Waals surface area contributed by atoms with Gasteiger partial charge in [-0.25, -0.2) is 9.37 Å². The molecule has 1 aliphatic carbocycles. The maximum Gasteiger partial charge on any atom is 0.241 e. The number of rotatable bonds is 18. The second kappa shape index (κ2) is 20.8. The number of benzene rings is 3. The van der Waals surface area contributed by atoms with E-state index in [0.717, 1.165) is 41.6 Å². The van der Waals surface area contributed by atoms with Crippen molar-refractivity contribution in [3.05, 3.63) is 93.9 Å². The van der Waals surface area contributed by atoms with Crippen LogP contribution in [0.2, 0.25) is 0 Å². The van der Waals surface area contributed by atoms with Gasteiger partial charge in [-0.15, -0.1) is 11.3 Å². The van der Waals surface area contributed by atoms with E-state index in [2.05, 4.69) is 72.5 Å². The zero-order valence-corrected chi connectivity index (χ0v) is 37.5. The Labute approximate surface area is 368 Å². The molecule has 1 fully saturated rings. The molecule has 334 valence electrons. The van der Waals surface area contributed by atoms with Crippen molar-refractivity contribution in [2.24, 2.45) is 5.41 Å². The van der Waals surface area contributed by atoms with Crippen LogP contribution in [0.25, 0.3) is 11.3 Å². The third-order valence-electron chi connectivity index (χ3n) is 12.2. The van der Waals surface area contributed by atoms with Crippen LogP contribution in [0, 0.1) is 17.0 Å². The van der Waals surface area contributed by atoms with Crippen molar-refractivity contribution < 1.29 is 37.3 Å². The van der Waals surface area contributed by atoms with Crippen LogP contribution in [0.3, 0.4) is 0 Å². The summed E-state index contributed by atoms with van der Waals surface area (Å²) in [4.78, 5) is 37.7. The number of ketones is 1. The van der Waals surface area contributed by atoms with Gasteiger partial charge in [0.15, 0.2) is 22.5 Å².